The normalized spacial score (nSPS) is 12.2. The minimum Gasteiger partial charge on any atom is -0.325 e. The lowest BCUT2D eigenvalue weighted by Crippen LogP contribution is -2.20. The van der Waals surface area contributed by atoms with Crippen LogP contribution in [0, 0.1) is 0 Å². The van der Waals surface area contributed by atoms with E-state index in [2.05, 4.69) is 5.32 Å². The molecule has 0 radical (unpaired) electrons. The Morgan fingerprint density at radius 2 is 2.23 bits per heavy atom. The summed E-state index contributed by atoms with van der Waals surface area (Å²) in [4.78, 5) is 11.1. The van der Waals surface area contributed by atoms with Crippen molar-refractivity contribution in [2.45, 2.75) is 12.3 Å². The van der Waals surface area contributed by atoms with Gasteiger partial charge in [0.05, 0.1) is 0 Å². The zero-order valence-corrected chi connectivity index (χ0v) is 8.56. The number of nitrogens with one attached hydrogen (secondary N) is 1. The van der Waals surface area contributed by atoms with Gasteiger partial charge in [0.25, 0.3) is 0 Å². The third kappa shape index (κ3) is 3.25. The van der Waals surface area contributed by atoms with E-state index >= 15 is 0 Å². The number of carbonyl (C=O) groups is 1. The average Bonchev–Trinajstić information content (AvgIpc) is 2.04. The third-order valence-corrected chi connectivity index (χ3v) is 1.89. The van der Waals surface area contributed by atoms with Gasteiger partial charge in [-0.1, -0.05) is 17.7 Å². The van der Waals surface area contributed by atoms with Crippen molar-refractivity contribution in [2.24, 2.45) is 0 Å². The molecule has 0 aliphatic rings. The molecular formula is C9H9Cl2NO. The second-order valence-electron chi connectivity index (χ2n) is 2.62. The SMILES string of the molecule is CC(Cl)C(=O)Nc1cccc(Cl)c1. The number of carbonyl (C=O) groups excluding carboxylic acids is 1. The maximum atomic E-state index is 11.1. The van der Waals surface area contributed by atoms with Crippen LogP contribution in [0.15, 0.2) is 24.3 Å². The molecule has 13 heavy (non-hydrogen) atoms. The van der Waals surface area contributed by atoms with E-state index in [-0.39, 0.29) is 5.91 Å². The molecule has 2 nitrogen and oxygen atoms in total. The van der Waals surface area contributed by atoms with Crippen molar-refractivity contribution >= 4 is 34.8 Å². The first kappa shape index (κ1) is 10.4. The van der Waals surface area contributed by atoms with E-state index in [4.69, 9.17) is 23.2 Å². The van der Waals surface area contributed by atoms with Crippen LogP contribution in [0.3, 0.4) is 0 Å². The predicted molar refractivity (Wildman–Crippen MR) is 55.4 cm³/mol. The van der Waals surface area contributed by atoms with Gasteiger partial charge in [0.1, 0.15) is 5.38 Å². The van der Waals surface area contributed by atoms with Crippen LogP contribution >= 0.6 is 23.2 Å². The smallest absolute Gasteiger partial charge is 0.242 e. The predicted octanol–water partition coefficient (Wildman–Crippen LogP) is 2.91. The molecule has 1 rings (SSSR count). The maximum absolute atomic E-state index is 11.1. The van der Waals surface area contributed by atoms with Crippen LogP contribution in [-0.4, -0.2) is 11.3 Å². The lowest BCUT2D eigenvalue weighted by molar-refractivity contribution is -0.115. The Bertz CT molecular complexity index is 312. The molecule has 1 N–H and O–H groups in total. The highest BCUT2D eigenvalue weighted by Crippen LogP contribution is 2.15. The minimum atomic E-state index is -0.543. The number of amides is 1. The fourth-order valence-corrected chi connectivity index (χ4v) is 1.05. The zero-order valence-electron chi connectivity index (χ0n) is 7.05. The highest BCUT2D eigenvalue weighted by Gasteiger charge is 2.08. The van der Waals surface area contributed by atoms with Gasteiger partial charge < -0.3 is 5.32 Å². The van der Waals surface area contributed by atoms with Gasteiger partial charge in [-0.15, -0.1) is 11.6 Å². The van der Waals surface area contributed by atoms with Crippen molar-refractivity contribution in [1.29, 1.82) is 0 Å². The second kappa shape index (κ2) is 4.49. The molecule has 0 saturated heterocycles. The van der Waals surface area contributed by atoms with E-state index in [0.29, 0.717) is 10.7 Å². The molecule has 1 amide bonds. The molecule has 0 saturated carbocycles. The van der Waals surface area contributed by atoms with Gasteiger partial charge in [-0.25, -0.2) is 0 Å². The van der Waals surface area contributed by atoms with Gasteiger partial charge >= 0.3 is 0 Å². The first-order valence-electron chi connectivity index (χ1n) is 3.80. The second-order valence-corrected chi connectivity index (χ2v) is 3.71. The van der Waals surface area contributed by atoms with E-state index in [1.165, 1.54) is 0 Å². The summed E-state index contributed by atoms with van der Waals surface area (Å²) in [5, 5.41) is 2.67. The van der Waals surface area contributed by atoms with Gasteiger partial charge in [-0.05, 0) is 25.1 Å². The summed E-state index contributed by atoms with van der Waals surface area (Å²) in [6.45, 7) is 1.61. The van der Waals surface area contributed by atoms with E-state index in [9.17, 15) is 4.79 Å². The molecule has 0 aromatic heterocycles. The molecule has 0 bridgehead atoms. The molecule has 1 aromatic carbocycles. The van der Waals surface area contributed by atoms with E-state index in [1.807, 2.05) is 0 Å². The van der Waals surface area contributed by atoms with Crippen molar-refractivity contribution < 1.29 is 4.79 Å². The lowest BCUT2D eigenvalue weighted by atomic mass is 10.3. The van der Waals surface area contributed by atoms with Gasteiger partial charge in [0, 0.05) is 10.7 Å². The highest BCUT2D eigenvalue weighted by atomic mass is 35.5. The number of rotatable bonds is 2. The van der Waals surface area contributed by atoms with Crippen molar-refractivity contribution in [2.75, 3.05) is 5.32 Å². The fraction of sp³-hybridized carbons (Fsp3) is 0.222. The summed E-state index contributed by atoms with van der Waals surface area (Å²) in [6, 6.07) is 6.92. The van der Waals surface area contributed by atoms with Crippen LogP contribution in [-0.2, 0) is 4.79 Å². The summed E-state index contributed by atoms with van der Waals surface area (Å²) in [7, 11) is 0. The summed E-state index contributed by atoms with van der Waals surface area (Å²) >= 11 is 11.3. The van der Waals surface area contributed by atoms with Gasteiger partial charge in [0.15, 0.2) is 0 Å². The highest BCUT2D eigenvalue weighted by molar-refractivity contribution is 6.32. The Balaban J connectivity index is 2.69. The largest absolute Gasteiger partial charge is 0.325 e. The quantitative estimate of drug-likeness (QED) is 0.759. The number of alkyl halides is 1. The van der Waals surface area contributed by atoms with E-state index in [1.54, 1.807) is 31.2 Å². The monoisotopic (exact) mass is 217 g/mol. The molecule has 1 unspecified atom stereocenters. The van der Waals surface area contributed by atoms with Crippen LogP contribution in [0.1, 0.15) is 6.92 Å². The molecule has 70 valence electrons. The van der Waals surface area contributed by atoms with Gasteiger partial charge in [-0.2, -0.15) is 0 Å². The topological polar surface area (TPSA) is 29.1 Å². The van der Waals surface area contributed by atoms with Crippen molar-refractivity contribution in [3.63, 3.8) is 0 Å². The van der Waals surface area contributed by atoms with E-state index < -0.39 is 5.38 Å². The molecule has 4 heteroatoms. The molecule has 0 fully saturated rings. The Morgan fingerprint density at radius 3 is 2.77 bits per heavy atom. The molecule has 0 aliphatic heterocycles. The number of halogens is 2. The third-order valence-electron chi connectivity index (χ3n) is 1.45. The van der Waals surface area contributed by atoms with Gasteiger partial charge in [-0.3, -0.25) is 4.79 Å². The molecular weight excluding hydrogens is 209 g/mol. The van der Waals surface area contributed by atoms with Gasteiger partial charge in [0.2, 0.25) is 5.91 Å². The Labute approximate surface area is 86.8 Å². The molecule has 0 spiro atoms. The Morgan fingerprint density at radius 1 is 1.54 bits per heavy atom. The fourth-order valence-electron chi connectivity index (χ4n) is 0.808. The number of anilines is 1. The minimum absolute atomic E-state index is 0.232. The molecule has 1 atom stereocenters. The summed E-state index contributed by atoms with van der Waals surface area (Å²) < 4.78 is 0. The van der Waals surface area contributed by atoms with Crippen LogP contribution in [0.4, 0.5) is 5.69 Å². The molecule has 0 heterocycles. The zero-order chi connectivity index (χ0) is 9.84. The lowest BCUT2D eigenvalue weighted by Gasteiger charge is -2.05. The van der Waals surface area contributed by atoms with Crippen LogP contribution in [0.2, 0.25) is 5.02 Å². The molecule has 1 aromatic rings. The van der Waals surface area contributed by atoms with Crippen molar-refractivity contribution in [3.05, 3.63) is 29.3 Å². The van der Waals surface area contributed by atoms with Crippen molar-refractivity contribution in [1.82, 2.24) is 0 Å². The molecule has 0 aliphatic carbocycles. The Hall–Kier alpha value is -0.730. The van der Waals surface area contributed by atoms with E-state index in [0.717, 1.165) is 0 Å². The van der Waals surface area contributed by atoms with Crippen LogP contribution < -0.4 is 5.32 Å². The number of benzene rings is 1. The number of hydrogen-bond acceptors (Lipinski definition) is 1. The first-order valence-corrected chi connectivity index (χ1v) is 4.61. The van der Waals surface area contributed by atoms with Crippen LogP contribution in [0.5, 0.6) is 0 Å². The number of hydrogen-bond donors (Lipinski definition) is 1. The summed E-state index contributed by atoms with van der Waals surface area (Å²) in [5.74, 6) is -0.232. The Kier molecular flexibility index (Phi) is 3.58. The van der Waals surface area contributed by atoms with Crippen LogP contribution in [0.25, 0.3) is 0 Å². The summed E-state index contributed by atoms with van der Waals surface area (Å²) in [5.41, 5.74) is 0.657. The summed E-state index contributed by atoms with van der Waals surface area (Å²) in [6.07, 6.45) is 0. The maximum Gasteiger partial charge on any atom is 0.242 e. The average molecular weight is 218 g/mol. The first-order chi connectivity index (χ1) is 6.09. The van der Waals surface area contributed by atoms with Crippen molar-refractivity contribution in [3.8, 4) is 0 Å². The standard InChI is InChI=1S/C9H9Cl2NO/c1-6(10)9(13)12-8-4-2-3-7(11)5-8/h2-6H,1H3,(H,12,13).